The predicted molar refractivity (Wildman–Crippen MR) is 67.4 cm³/mol. The SMILES string of the molecule is Cn1cc(Sc2cc(Br)ccc2CO)cn1. The molecule has 2 rings (SSSR count). The van der Waals surface area contributed by atoms with Crippen LogP contribution in [0.5, 0.6) is 0 Å². The van der Waals surface area contributed by atoms with Crippen molar-refractivity contribution in [1.29, 1.82) is 0 Å². The molecule has 0 saturated carbocycles. The molecule has 1 N–H and O–H groups in total. The Bertz CT molecular complexity index is 498. The lowest BCUT2D eigenvalue weighted by atomic mass is 10.2. The van der Waals surface area contributed by atoms with E-state index in [1.807, 2.05) is 37.6 Å². The largest absolute Gasteiger partial charge is 0.392 e. The van der Waals surface area contributed by atoms with Gasteiger partial charge in [0.1, 0.15) is 0 Å². The number of hydrogen-bond acceptors (Lipinski definition) is 3. The average Bonchev–Trinajstić information content (AvgIpc) is 2.64. The molecule has 0 aliphatic rings. The van der Waals surface area contributed by atoms with Gasteiger partial charge >= 0.3 is 0 Å². The number of benzene rings is 1. The van der Waals surface area contributed by atoms with Crippen LogP contribution in [0.4, 0.5) is 0 Å². The number of aryl methyl sites for hydroxylation is 1. The van der Waals surface area contributed by atoms with Crippen molar-refractivity contribution in [3.8, 4) is 0 Å². The molecule has 0 bridgehead atoms. The van der Waals surface area contributed by atoms with Gasteiger partial charge in [-0.05, 0) is 17.7 Å². The lowest BCUT2D eigenvalue weighted by Gasteiger charge is -2.05. The first-order valence-electron chi connectivity index (χ1n) is 4.75. The van der Waals surface area contributed by atoms with Gasteiger partial charge in [-0.2, -0.15) is 5.10 Å². The van der Waals surface area contributed by atoms with Gasteiger partial charge in [-0.15, -0.1) is 0 Å². The highest BCUT2D eigenvalue weighted by Gasteiger charge is 2.06. The Morgan fingerprint density at radius 1 is 1.50 bits per heavy atom. The van der Waals surface area contributed by atoms with E-state index in [1.165, 1.54) is 0 Å². The molecular formula is C11H11BrN2OS. The predicted octanol–water partition coefficient (Wildman–Crippen LogP) is 2.83. The minimum Gasteiger partial charge on any atom is -0.392 e. The fraction of sp³-hybridized carbons (Fsp3) is 0.182. The van der Waals surface area contributed by atoms with Crippen LogP contribution < -0.4 is 0 Å². The first kappa shape index (κ1) is 11.7. The second-order valence-electron chi connectivity index (χ2n) is 3.36. The molecule has 3 nitrogen and oxygen atoms in total. The van der Waals surface area contributed by atoms with E-state index in [0.29, 0.717) is 0 Å². The summed E-state index contributed by atoms with van der Waals surface area (Å²) in [6, 6.07) is 5.85. The average molecular weight is 299 g/mol. The third-order valence-corrected chi connectivity index (χ3v) is 3.65. The minimum atomic E-state index is 0.0515. The summed E-state index contributed by atoms with van der Waals surface area (Å²) in [6.45, 7) is 0.0515. The third-order valence-electron chi connectivity index (χ3n) is 2.11. The zero-order chi connectivity index (χ0) is 11.5. The molecule has 0 atom stereocenters. The van der Waals surface area contributed by atoms with Crippen LogP contribution >= 0.6 is 27.7 Å². The summed E-state index contributed by atoms with van der Waals surface area (Å²) in [6.07, 6.45) is 3.76. The fourth-order valence-corrected chi connectivity index (χ4v) is 2.85. The molecule has 1 aromatic heterocycles. The zero-order valence-electron chi connectivity index (χ0n) is 8.72. The number of aliphatic hydroxyl groups is 1. The van der Waals surface area contributed by atoms with Crippen molar-refractivity contribution in [2.45, 2.75) is 16.4 Å². The van der Waals surface area contributed by atoms with Gasteiger partial charge in [0.15, 0.2) is 0 Å². The van der Waals surface area contributed by atoms with Gasteiger partial charge in [0.2, 0.25) is 0 Å². The van der Waals surface area contributed by atoms with Crippen LogP contribution in [-0.4, -0.2) is 14.9 Å². The maximum Gasteiger partial charge on any atom is 0.0692 e. The highest BCUT2D eigenvalue weighted by Crippen LogP contribution is 2.32. The van der Waals surface area contributed by atoms with Crippen LogP contribution in [-0.2, 0) is 13.7 Å². The Hall–Kier alpha value is -0.780. The summed E-state index contributed by atoms with van der Waals surface area (Å²) < 4.78 is 2.77. The number of aliphatic hydroxyl groups excluding tert-OH is 1. The van der Waals surface area contributed by atoms with Crippen molar-refractivity contribution < 1.29 is 5.11 Å². The van der Waals surface area contributed by atoms with E-state index in [4.69, 9.17) is 0 Å². The van der Waals surface area contributed by atoms with Crippen molar-refractivity contribution >= 4 is 27.7 Å². The summed E-state index contributed by atoms with van der Waals surface area (Å²) in [4.78, 5) is 2.11. The smallest absolute Gasteiger partial charge is 0.0692 e. The second-order valence-corrected chi connectivity index (χ2v) is 5.39. The van der Waals surface area contributed by atoms with Gasteiger partial charge in [-0.25, -0.2) is 0 Å². The van der Waals surface area contributed by atoms with Gasteiger partial charge in [0.05, 0.1) is 17.7 Å². The van der Waals surface area contributed by atoms with Crippen molar-refractivity contribution in [2.75, 3.05) is 0 Å². The molecule has 1 aromatic carbocycles. The molecule has 0 unspecified atom stereocenters. The first-order chi connectivity index (χ1) is 7.69. The molecule has 0 radical (unpaired) electrons. The lowest BCUT2D eigenvalue weighted by molar-refractivity contribution is 0.279. The van der Waals surface area contributed by atoms with Crippen molar-refractivity contribution in [1.82, 2.24) is 9.78 Å². The Morgan fingerprint density at radius 2 is 2.31 bits per heavy atom. The highest BCUT2D eigenvalue weighted by molar-refractivity contribution is 9.10. The number of nitrogens with zero attached hydrogens (tertiary/aromatic N) is 2. The standard InChI is InChI=1S/C11H11BrN2OS/c1-14-6-10(5-13-14)16-11-4-9(12)3-2-8(11)7-15/h2-6,15H,7H2,1H3. The van der Waals surface area contributed by atoms with Crippen LogP contribution in [0.2, 0.25) is 0 Å². The Balaban J connectivity index is 2.29. The summed E-state index contributed by atoms with van der Waals surface area (Å²) in [5, 5.41) is 13.4. The van der Waals surface area contributed by atoms with Gasteiger partial charge in [0, 0.05) is 22.6 Å². The molecule has 0 spiro atoms. The van der Waals surface area contributed by atoms with E-state index in [-0.39, 0.29) is 6.61 Å². The molecular weight excluding hydrogens is 288 g/mol. The fourth-order valence-electron chi connectivity index (χ4n) is 1.33. The molecule has 1 heterocycles. The van der Waals surface area contributed by atoms with E-state index in [2.05, 4.69) is 21.0 Å². The molecule has 5 heteroatoms. The van der Waals surface area contributed by atoms with E-state index in [1.54, 1.807) is 16.4 Å². The molecule has 0 amide bonds. The van der Waals surface area contributed by atoms with Crippen LogP contribution in [0.1, 0.15) is 5.56 Å². The second kappa shape index (κ2) is 5.03. The molecule has 0 aliphatic carbocycles. The van der Waals surface area contributed by atoms with Crippen molar-refractivity contribution in [3.63, 3.8) is 0 Å². The molecule has 84 valence electrons. The maximum absolute atomic E-state index is 9.24. The van der Waals surface area contributed by atoms with Gasteiger partial charge in [-0.3, -0.25) is 4.68 Å². The monoisotopic (exact) mass is 298 g/mol. The van der Waals surface area contributed by atoms with Crippen molar-refractivity contribution in [3.05, 3.63) is 40.6 Å². The molecule has 0 fully saturated rings. The van der Waals surface area contributed by atoms with Gasteiger partial charge < -0.3 is 5.11 Å². The Morgan fingerprint density at radius 3 is 2.94 bits per heavy atom. The van der Waals surface area contributed by atoms with Gasteiger partial charge in [-0.1, -0.05) is 33.8 Å². The Labute approximate surface area is 107 Å². The Kier molecular flexibility index (Phi) is 3.68. The molecule has 0 saturated heterocycles. The number of aromatic nitrogens is 2. The number of rotatable bonds is 3. The molecule has 16 heavy (non-hydrogen) atoms. The van der Waals surface area contributed by atoms with Crippen LogP contribution in [0.25, 0.3) is 0 Å². The highest BCUT2D eigenvalue weighted by atomic mass is 79.9. The first-order valence-corrected chi connectivity index (χ1v) is 6.36. The molecule has 0 aliphatic heterocycles. The van der Waals surface area contributed by atoms with E-state index in [9.17, 15) is 5.11 Å². The van der Waals surface area contributed by atoms with Crippen molar-refractivity contribution in [2.24, 2.45) is 7.05 Å². The van der Waals surface area contributed by atoms with Crippen LogP contribution in [0.15, 0.2) is 44.9 Å². The number of halogens is 1. The molecule has 2 aromatic rings. The topological polar surface area (TPSA) is 38.0 Å². The maximum atomic E-state index is 9.24. The van der Waals surface area contributed by atoms with Gasteiger partial charge in [0.25, 0.3) is 0 Å². The summed E-state index contributed by atoms with van der Waals surface area (Å²) in [5.74, 6) is 0. The summed E-state index contributed by atoms with van der Waals surface area (Å²) in [5.41, 5.74) is 0.928. The van der Waals surface area contributed by atoms with Crippen LogP contribution in [0, 0.1) is 0 Å². The number of hydrogen-bond donors (Lipinski definition) is 1. The normalized spacial score (nSPS) is 10.7. The summed E-state index contributed by atoms with van der Waals surface area (Å²) in [7, 11) is 1.89. The third kappa shape index (κ3) is 2.66. The van der Waals surface area contributed by atoms with Crippen LogP contribution in [0.3, 0.4) is 0 Å². The van der Waals surface area contributed by atoms with E-state index in [0.717, 1.165) is 19.8 Å². The summed E-state index contributed by atoms with van der Waals surface area (Å²) >= 11 is 5.03. The van der Waals surface area contributed by atoms with E-state index >= 15 is 0 Å². The zero-order valence-corrected chi connectivity index (χ0v) is 11.1. The lowest BCUT2D eigenvalue weighted by Crippen LogP contribution is -1.87. The minimum absolute atomic E-state index is 0.0515. The quantitative estimate of drug-likeness (QED) is 0.947. The van der Waals surface area contributed by atoms with E-state index < -0.39 is 0 Å².